The van der Waals surface area contributed by atoms with Crippen LogP contribution in [0.5, 0.6) is 0 Å². The van der Waals surface area contributed by atoms with Gasteiger partial charge in [-0.25, -0.2) is 0 Å². The lowest BCUT2D eigenvalue weighted by molar-refractivity contribution is -0.118. The van der Waals surface area contributed by atoms with Gasteiger partial charge in [-0.15, -0.1) is 0 Å². The Labute approximate surface area is 267 Å². The largest absolute Gasteiger partial charge is 0.398 e. The smallest absolute Gasteiger partial charge is 0.247 e. The zero-order chi connectivity index (χ0) is 31.8. The van der Waals surface area contributed by atoms with Crippen LogP contribution in [-0.4, -0.2) is 61.3 Å². The van der Waals surface area contributed by atoms with Crippen LogP contribution in [-0.2, 0) is 14.4 Å². The average molecular weight is 642 g/mol. The summed E-state index contributed by atoms with van der Waals surface area (Å²) in [6, 6.07) is 5.54. The van der Waals surface area contributed by atoms with E-state index in [1.165, 1.54) is 38.5 Å². The van der Waals surface area contributed by atoms with Crippen molar-refractivity contribution in [2.24, 2.45) is 23.3 Å². The second-order valence-corrected chi connectivity index (χ2v) is 13.0. The van der Waals surface area contributed by atoms with E-state index in [1.807, 2.05) is 23.9 Å². The number of nitrogens with two attached hydrogens (primary N) is 3. The first-order chi connectivity index (χ1) is 20.2. The van der Waals surface area contributed by atoms with Gasteiger partial charge >= 0.3 is 0 Å². The maximum atomic E-state index is 12.7. The number of nitrogens with one attached hydrogen (secondary N) is 1. The summed E-state index contributed by atoms with van der Waals surface area (Å²) in [5, 5.41) is 3.88. The van der Waals surface area contributed by atoms with Crippen LogP contribution in [0.25, 0.3) is 0 Å². The fourth-order valence-corrected chi connectivity index (χ4v) is 6.65. The lowest BCUT2D eigenvalue weighted by Gasteiger charge is -2.27. The third kappa shape index (κ3) is 18.4. The first kappa shape index (κ1) is 39.9. The third-order valence-corrected chi connectivity index (χ3v) is 9.20. The van der Waals surface area contributed by atoms with E-state index in [1.54, 1.807) is 17.8 Å². The lowest BCUT2D eigenvalue weighted by atomic mass is 9.87. The minimum absolute atomic E-state index is 0.00567. The summed E-state index contributed by atoms with van der Waals surface area (Å²) >= 11 is 9.70. The Hall–Kier alpha value is -2.14. The maximum absolute atomic E-state index is 12.7. The van der Waals surface area contributed by atoms with Crippen LogP contribution in [0.1, 0.15) is 65.2 Å². The lowest BCUT2D eigenvalue weighted by Crippen LogP contribution is -2.39. The number of nitrogens with zero attached hydrogens (tertiary/aromatic N) is 1. The average Bonchev–Trinajstić information content (AvgIpc) is 3.51. The van der Waals surface area contributed by atoms with Crippen LogP contribution < -0.4 is 22.5 Å². The molecule has 8 nitrogen and oxygen atoms in total. The number of nitrogen functional groups attached to an aromatic ring is 1. The van der Waals surface area contributed by atoms with Gasteiger partial charge in [0.25, 0.3) is 0 Å². The first-order valence-corrected chi connectivity index (χ1v) is 17.0. The number of carbonyl (C=O) groups is 3. The number of amides is 3. The SMILES string of the molecule is C=C(CCC(CNC(=O)C(=C)CN1CCSCC1)C1CCCC1)Sc1cc(Cl)ccc1N.CCCC.NC=O.NC=O. The molecule has 3 rings (SSSR count). The number of halogens is 1. The summed E-state index contributed by atoms with van der Waals surface area (Å²) < 4.78 is 0. The molecule has 1 heterocycles. The monoisotopic (exact) mass is 641 g/mol. The summed E-state index contributed by atoms with van der Waals surface area (Å²) in [5.41, 5.74) is 15.8. The van der Waals surface area contributed by atoms with Crippen molar-refractivity contribution in [3.05, 3.63) is 46.9 Å². The van der Waals surface area contributed by atoms with Gasteiger partial charge in [-0.1, -0.05) is 88.9 Å². The molecule has 3 amide bonds. The van der Waals surface area contributed by atoms with Crippen LogP contribution in [0.2, 0.25) is 5.02 Å². The standard InChI is InChI=1S/C25H36ClN3OS2.C4H10.2CH3NO/c1-18(17-29-11-13-31-14-12-29)25(30)28-16-21(20-5-3-4-6-20)8-7-19(2)32-24-15-22(26)9-10-23(24)27;1-3-4-2;2*2-1-3/h9-10,15,20-21H,1-8,11-14,16-17,27H2,(H,28,30);3-4H2,1-2H3;2*1H,(H2,2,3). The van der Waals surface area contributed by atoms with Crippen molar-refractivity contribution in [3.63, 3.8) is 0 Å². The quantitative estimate of drug-likeness (QED) is 0.0970. The van der Waals surface area contributed by atoms with Crippen molar-refractivity contribution < 1.29 is 14.4 Å². The molecule has 0 radical (unpaired) electrons. The molecule has 1 aliphatic carbocycles. The molecule has 1 unspecified atom stereocenters. The van der Waals surface area contributed by atoms with E-state index in [2.05, 4.69) is 48.7 Å². The number of unbranched alkanes of at least 4 members (excludes halogenated alkanes) is 1. The first-order valence-electron chi connectivity index (χ1n) is 14.6. The topological polar surface area (TPSA) is 145 Å². The molecule has 0 aromatic heterocycles. The van der Waals surface area contributed by atoms with Crippen LogP contribution in [0, 0.1) is 11.8 Å². The van der Waals surface area contributed by atoms with Gasteiger partial charge < -0.3 is 22.5 Å². The molecule has 7 N–H and O–H groups in total. The number of anilines is 1. The van der Waals surface area contributed by atoms with Gasteiger partial charge in [-0.3, -0.25) is 19.3 Å². The van der Waals surface area contributed by atoms with E-state index in [0.29, 0.717) is 29.0 Å². The molecule has 1 saturated heterocycles. The number of hydrogen-bond donors (Lipinski definition) is 4. The minimum atomic E-state index is 0.00567. The third-order valence-electron chi connectivity index (χ3n) is 6.95. The number of rotatable bonds is 12. The molecule has 1 aromatic carbocycles. The molecular formula is C31H52ClN5O3S2. The summed E-state index contributed by atoms with van der Waals surface area (Å²) in [5.74, 6) is 3.43. The number of carbonyl (C=O) groups excluding carboxylic acids is 3. The fourth-order valence-electron chi connectivity index (χ4n) is 4.53. The van der Waals surface area contributed by atoms with Crippen molar-refractivity contribution in [1.29, 1.82) is 0 Å². The maximum Gasteiger partial charge on any atom is 0.247 e. The molecule has 42 heavy (non-hydrogen) atoms. The summed E-state index contributed by atoms with van der Waals surface area (Å²) in [7, 11) is 0. The number of hydrogen-bond acceptors (Lipinski definition) is 7. The van der Waals surface area contributed by atoms with Gasteiger partial charge in [0, 0.05) is 58.9 Å². The van der Waals surface area contributed by atoms with Crippen LogP contribution in [0.3, 0.4) is 0 Å². The molecule has 0 bridgehead atoms. The van der Waals surface area contributed by atoms with E-state index in [9.17, 15) is 4.79 Å². The van der Waals surface area contributed by atoms with Gasteiger partial charge in [0.05, 0.1) is 0 Å². The number of primary amides is 2. The second kappa shape index (κ2) is 25.4. The molecular weight excluding hydrogens is 590 g/mol. The molecule has 1 atom stereocenters. The van der Waals surface area contributed by atoms with Crippen LogP contribution in [0.4, 0.5) is 5.69 Å². The summed E-state index contributed by atoms with van der Waals surface area (Å²) in [4.78, 5) is 34.2. The molecule has 1 aromatic rings. The van der Waals surface area contributed by atoms with Crippen molar-refractivity contribution in [3.8, 4) is 0 Å². The Balaban J connectivity index is 0.00000147. The van der Waals surface area contributed by atoms with Crippen molar-refractivity contribution in [1.82, 2.24) is 10.2 Å². The fraction of sp³-hybridized carbons (Fsp3) is 0.581. The van der Waals surface area contributed by atoms with E-state index >= 15 is 0 Å². The highest BCUT2D eigenvalue weighted by Crippen LogP contribution is 2.38. The summed E-state index contributed by atoms with van der Waals surface area (Å²) in [6.45, 7) is 16.2. The van der Waals surface area contributed by atoms with Crippen LogP contribution in [0.15, 0.2) is 46.7 Å². The van der Waals surface area contributed by atoms with E-state index in [4.69, 9.17) is 26.9 Å². The van der Waals surface area contributed by atoms with Gasteiger partial charge in [-0.05, 0) is 47.8 Å². The van der Waals surface area contributed by atoms with Gasteiger partial charge in [0.15, 0.2) is 0 Å². The van der Waals surface area contributed by atoms with E-state index in [0.717, 1.165) is 59.5 Å². The highest BCUT2D eigenvalue weighted by molar-refractivity contribution is 8.03. The zero-order valence-corrected chi connectivity index (χ0v) is 27.8. The molecule has 1 aliphatic heterocycles. The predicted molar refractivity (Wildman–Crippen MR) is 183 cm³/mol. The number of benzene rings is 1. The molecule has 2 fully saturated rings. The highest BCUT2D eigenvalue weighted by Gasteiger charge is 2.26. The normalized spacial score (nSPS) is 15.3. The Morgan fingerprint density at radius 1 is 1.14 bits per heavy atom. The van der Waals surface area contributed by atoms with E-state index < -0.39 is 0 Å². The predicted octanol–water partition coefficient (Wildman–Crippen LogP) is 5.85. The second-order valence-electron chi connectivity index (χ2n) is 10.1. The number of allylic oxidation sites excluding steroid dienone is 1. The molecule has 0 spiro atoms. The van der Waals surface area contributed by atoms with Gasteiger partial charge in [0.2, 0.25) is 18.7 Å². The van der Waals surface area contributed by atoms with Crippen molar-refractivity contribution >= 4 is 59.5 Å². The minimum Gasteiger partial charge on any atom is -0.398 e. The Kier molecular flexibility index (Phi) is 24.1. The molecule has 1 saturated carbocycles. The van der Waals surface area contributed by atoms with Crippen molar-refractivity contribution in [2.75, 3.05) is 43.4 Å². The zero-order valence-electron chi connectivity index (χ0n) is 25.5. The molecule has 2 aliphatic rings. The molecule has 11 heteroatoms. The molecule has 238 valence electrons. The Morgan fingerprint density at radius 3 is 2.26 bits per heavy atom. The van der Waals surface area contributed by atoms with Gasteiger partial charge in [-0.2, -0.15) is 11.8 Å². The Morgan fingerprint density at radius 2 is 1.71 bits per heavy atom. The van der Waals surface area contributed by atoms with E-state index in [-0.39, 0.29) is 18.7 Å². The number of thioether (sulfide) groups is 2. The Bertz CT molecular complexity index is 931. The summed E-state index contributed by atoms with van der Waals surface area (Å²) in [6.07, 6.45) is 10.2. The van der Waals surface area contributed by atoms with Crippen LogP contribution >= 0.6 is 35.1 Å². The van der Waals surface area contributed by atoms with Gasteiger partial charge in [0.1, 0.15) is 0 Å². The highest BCUT2D eigenvalue weighted by atomic mass is 35.5. The van der Waals surface area contributed by atoms with Crippen molar-refractivity contribution in [2.45, 2.75) is 70.1 Å².